The Kier molecular flexibility index (Phi) is 6.19. The molecule has 0 bridgehead atoms. The van der Waals surface area contributed by atoms with Gasteiger partial charge in [-0.15, -0.1) is 0 Å². The van der Waals surface area contributed by atoms with Crippen molar-refractivity contribution in [3.8, 4) is 5.75 Å². The molecule has 24 heavy (non-hydrogen) atoms. The van der Waals surface area contributed by atoms with Crippen LogP contribution in [-0.4, -0.2) is 17.7 Å². The summed E-state index contributed by atoms with van der Waals surface area (Å²) in [6, 6.07) is 15.1. The molecule has 0 fully saturated rings. The predicted octanol–water partition coefficient (Wildman–Crippen LogP) is 4.91. The van der Waals surface area contributed by atoms with Gasteiger partial charge in [-0.2, -0.15) is 0 Å². The Morgan fingerprint density at radius 1 is 1.08 bits per heavy atom. The number of aryl methyl sites for hydroxylation is 1. The topological polar surface area (TPSA) is 46.5 Å². The highest BCUT2D eigenvalue weighted by molar-refractivity contribution is 6.20. The van der Waals surface area contributed by atoms with Crippen molar-refractivity contribution >= 4 is 17.6 Å². The van der Waals surface area contributed by atoms with E-state index in [1.165, 1.54) is 5.56 Å². The molecule has 3 heteroatoms. The van der Waals surface area contributed by atoms with E-state index in [1.807, 2.05) is 48.5 Å². The number of hydrogen-bond donors (Lipinski definition) is 1. The highest BCUT2D eigenvalue weighted by atomic mass is 16.5. The van der Waals surface area contributed by atoms with Gasteiger partial charge in [0.15, 0.2) is 0 Å². The van der Waals surface area contributed by atoms with Crippen LogP contribution in [-0.2, 0) is 11.2 Å². The van der Waals surface area contributed by atoms with Gasteiger partial charge in [0.05, 0.1) is 12.2 Å². The molecule has 0 radical (unpaired) electrons. The van der Waals surface area contributed by atoms with Crippen LogP contribution >= 0.6 is 0 Å². The number of hydrogen-bond acceptors (Lipinski definition) is 2. The van der Waals surface area contributed by atoms with E-state index in [0.29, 0.717) is 18.1 Å². The fraction of sp³-hybridized carbons (Fsp3) is 0.286. The number of rotatable bonds is 7. The lowest BCUT2D eigenvalue weighted by Gasteiger charge is -2.09. The van der Waals surface area contributed by atoms with Gasteiger partial charge in [0.25, 0.3) is 0 Å². The Morgan fingerprint density at radius 3 is 2.21 bits per heavy atom. The minimum absolute atomic E-state index is 0.286. The molecule has 0 aliphatic heterocycles. The number of carboxylic acids is 1. The molecule has 2 rings (SSSR count). The summed E-state index contributed by atoms with van der Waals surface area (Å²) < 4.78 is 5.65. The van der Waals surface area contributed by atoms with Gasteiger partial charge in [0.2, 0.25) is 0 Å². The van der Waals surface area contributed by atoms with Crippen molar-refractivity contribution in [2.24, 2.45) is 5.92 Å². The highest BCUT2D eigenvalue weighted by Crippen LogP contribution is 2.21. The van der Waals surface area contributed by atoms with E-state index in [0.717, 1.165) is 17.7 Å². The molecular weight excluding hydrogens is 300 g/mol. The summed E-state index contributed by atoms with van der Waals surface area (Å²) in [6.45, 7) is 6.94. The zero-order valence-corrected chi connectivity index (χ0v) is 14.5. The maximum Gasteiger partial charge on any atom is 0.336 e. The molecule has 0 amide bonds. The average molecular weight is 324 g/mol. The Bertz CT molecular complexity index is 695. The van der Waals surface area contributed by atoms with Gasteiger partial charge in [-0.05, 0) is 47.2 Å². The maximum absolute atomic E-state index is 11.6. The molecule has 2 aromatic rings. The second kappa shape index (κ2) is 8.34. The monoisotopic (exact) mass is 324 g/mol. The molecule has 2 aromatic carbocycles. The third-order valence-electron chi connectivity index (χ3n) is 3.68. The standard InChI is InChI=1S/C21H24O3/c1-4-16-5-9-18(10-6-16)20(21(22)23)13-17-7-11-19(12-8-17)24-14-15(2)3/h5-13,15H,4,14H2,1-3H3,(H,22,23)/b20-13-. The normalized spacial score (nSPS) is 11.6. The van der Waals surface area contributed by atoms with E-state index >= 15 is 0 Å². The second-order valence-electron chi connectivity index (χ2n) is 6.19. The zero-order chi connectivity index (χ0) is 17.5. The molecule has 0 saturated carbocycles. The van der Waals surface area contributed by atoms with E-state index in [4.69, 9.17) is 4.74 Å². The Labute approximate surface area is 143 Å². The Morgan fingerprint density at radius 2 is 1.71 bits per heavy atom. The summed E-state index contributed by atoms with van der Waals surface area (Å²) in [5.41, 5.74) is 3.02. The number of carboxylic acid groups (broad SMARTS) is 1. The number of benzene rings is 2. The summed E-state index contributed by atoms with van der Waals surface area (Å²) in [5.74, 6) is 0.332. The molecule has 1 N–H and O–H groups in total. The highest BCUT2D eigenvalue weighted by Gasteiger charge is 2.10. The molecule has 0 spiro atoms. The van der Waals surface area contributed by atoms with Crippen molar-refractivity contribution in [1.29, 1.82) is 0 Å². The lowest BCUT2D eigenvalue weighted by Crippen LogP contribution is -2.04. The van der Waals surface area contributed by atoms with Gasteiger partial charge in [-0.1, -0.05) is 57.2 Å². The Hall–Kier alpha value is -2.55. The number of ether oxygens (including phenoxy) is 1. The summed E-state index contributed by atoms with van der Waals surface area (Å²) in [7, 11) is 0. The summed E-state index contributed by atoms with van der Waals surface area (Å²) >= 11 is 0. The van der Waals surface area contributed by atoms with Crippen LogP contribution < -0.4 is 4.74 Å². The van der Waals surface area contributed by atoms with Crippen molar-refractivity contribution in [1.82, 2.24) is 0 Å². The van der Waals surface area contributed by atoms with Gasteiger partial charge in [-0.25, -0.2) is 4.79 Å². The lowest BCUT2D eigenvalue weighted by molar-refractivity contribution is -0.130. The SMILES string of the molecule is CCc1ccc(/C(=C/c2ccc(OCC(C)C)cc2)C(=O)O)cc1. The molecule has 0 saturated heterocycles. The van der Waals surface area contributed by atoms with Crippen LogP contribution in [0.5, 0.6) is 5.75 Å². The molecule has 0 heterocycles. The molecular formula is C21H24O3. The predicted molar refractivity (Wildman–Crippen MR) is 98.1 cm³/mol. The van der Waals surface area contributed by atoms with E-state index in [1.54, 1.807) is 6.08 Å². The number of carbonyl (C=O) groups is 1. The average Bonchev–Trinajstić information content (AvgIpc) is 2.58. The number of aliphatic carboxylic acids is 1. The maximum atomic E-state index is 11.6. The smallest absolute Gasteiger partial charge is 0.336 e. The van der Waals surface area contributed by atoms with Crippen LogP contribution in [0.15, 0.2) is 48.5 Å². The van der Waals surface area contributed by atoms with Crippen molar-refractivity contribution in [3.05, 3.63) is 65.2 Å². The quantitative estimate of drug-likeness (QED) is 0.581. The first-order valence-corrected chi connectivity index (χ1v) is 8.26. The molecule has 0 aliphatic carbocycles. The minimum Gasteiger partial charge on any atom is -0.493 e. The van der Waals surface area contributed by atoms with Crippen molar-refractivity contribution in [3.63, 3.8) is 0 Å². The fourth-order valence-electron chi connectivity index (χ4n) is 2.28. The summed E-state index contributed by atoms with van der Waals surface area (Å²) in [6.07, 6.45) is 2.62. The van der Waals surface area contributed by atoms with Crippen molar-refractivity contribution in [2.45, 2.75) is 27.2 Å². The molecule has 0 aromatic heterocycles. The molecule has 0 aliphatic rings. The summed E-state index contributed by atoms with van der Waals surface area (Å²) in [4.78, 5) is 11.6. The van der Waals surface area contributed by atoms with Gasteiger partial charge in [0.1, 0.15) is 5.75 Å². The van der Waals surface area contributed by atoms with E-state index in [9.17, 15) is 9.90 Å². The van der Waals surface area contributed by atoms with E-state index in [2.05, 4.69) is 20.8 Å². The van der Waals surface area contributed by atoms with Crippen LogP contribution in [0.4, 0.5) is 0 Å². The molecule has 3 nitrogen and oxygen atoms in total. The van der Waals surface area contributed by atoms with Crippen LogP contribution in [0.3, 0.4) is 0 Å². The Balaban J connectivity index is 2.22. The van der Waals surface area contributed by atoms with E-state index in [-0.39, 0.29) is 5.57 Å². The van der Waals surface area contributed by atoms with E-state index < -0.39 is 5.97 Å². The molecule has 0 unspecified atom stereocenters. The largest absolute Gasteiger partial charge is 0.493 e. The van der Waals surface area contributed by atoms with Crippen molar-refractivity contribution < 1.29 is 14.6 Å². The second-order valence-corrected chi connectivity index (χ2v) is 6.19. The van der Waals surface area contributed by atoms with Gasteiger partial charge >= 0.3 is 5.97 Å². The van der Waals surface area contributed by atoms with Gasteiger partial charge in [-0.3, -0.25) is 0 Å². The zero-order valence-electron chi connectivity index (χ0n) is 14.5. The van der Waals surface area contributed by atoms with Crippen LogP contribution in [0.25, 0.3) is 11.6 Å². The van der Waals surface area contributed by atoms with Crippen LogP contribution in [0.2, 0.25) is 0 Å². The third kappa shape index (κ3) is 4.98. The van der Waals surface area contributed by atoms with Gasteiger partial charge in [0, 0.05) is 0 Å². The van der Waals surface area contributed by atoms with Crippen molar-refractivity contribution in [2.75, 3.05) is 6.61 Å². The lowest BCUT2D eigenvalue weighted by atomic mass is 10.0. The molecule has 0 atom stereocenters. The summed E-state index contributed by atoms with van der Waals surface area (Å²) in [5, 5.41) is 9.52. The van der Waals surface area contributed by atoms with Crippen LogP contribution in [0.1, 0.15) is 37.5 Å². The first kappa shape index (κ1) is 17.8. The fourth-order valence-corrected chi connectivity index (χ4v) is 2.28. The first-order chi connectivity index (χ1) is 11.5. The van der Waals surface area contributed by atoms with Crippen LogP contribution in [0, 0.1) is 5.92 Å². The first-order valence-electron chi connectivity index (χ1n) is 8.26. The van der Waals surface area contributed by atoms with Gasteiger partial charge < -0.3 is 9.84 Å². The minimum atomic E-state index is -0.931. The third-order valence-corrected chi connectivity index (χ3v) is 3.68. The molecule has 126 valence electrons.